The number of rotatable bonds is 5. The second-order valence-electron chi connectivity index (χ2n) is 4.13. The number of aromatic nitrogens is 1. The number of nitrogens with one attached hydrogen (secondary N) is 2. The zero-order chi connectivity index (χ0) is 12.8. The Kier molecular flexibility index (Phi) is 4.15. The van der Waals surface area contributed by atoms with Gasteiger partial charge in [-0.1, -0.05) is 30.3 Å². The van der Waals surface area contributed by atoms with Crippen molar-refractivity contribution in [2.45, 2.75) is 12.5 Å². The summed E-state index contributed by atoms with van der Waals surface area (Å²) in [6.45, 7) is -0.0820. The Morgan fingerprint density at radius 3 is 2.61 bits per heavy atom. The van der Waals surface area contributed by atoms with E-state index in [9.17, 15) is 9.90 Å². The van der Waals surface area contributed by atoms with Gasteiger partial charge in [0.05, 0.1) is 12.6 Å². The molecule has 0 radical (unpaired) electrons. The molecule has 0 unspecified atom stereocenters. The summed E-state index contributed by atoms with van der Waals surface area (Å²) in [5.41, 5.74) is 1.59. The molecular formula is C14H16N2O2. The number of aliphatic hydroxyl groups excluding tert-OH is 1. The van der Waals surface area contributed by atoms with Crippen molar-refractivity contribution in [2.24, 2.45) is 0 Å². The van der Waals surface area contributed by atoms with Crippen LogP contribution in [0, 0.1) is 0 Å². The Morgan fingerprint density at radius 2 is 2.00 bits per heavy atom. The van der Waals surface area contributed by atoms with Crippen molar-refractivity contribution in [3.05, 3.63) is 59.9 Å². The van der Waals surface area contributed by atoms with E-state index in [1.165, 1.54) is 0 Å². The fourth-order valence-electron chi connectivity index (χ4n) is 1.79. The fraction of sp³-hybridized carbons (Fsp3) is 0.214. The van der Waals surface area contributed by atoms with Crippen LogP contribution < -0.4 is 5.32 Å². The highest BCUT2D eigenvalue weighted by atomic mass is 16.3. The van der Waals surface area contributed by atoms with Crippen LogP contribution in [-0.4, -0.2) is 28.6 Å². The summed E-state index contributed by atoms with van der Waals surface area (Å²) < 4.78 is 0. The third-order valence-corrected chi connectivity index (χ3v) is 2.72. The molecule has 1 aromatic carbocycles. The maximum atomic E-state index is 11.8. The van der Waals surface area contributed by atoms with Crippen molar-refractivity contribution in [1.82, 2.24) is 10.3 Å². The molecule has 94 valence electrons. The van der Waals surface area contributed by atoms with E-state index in [1.54, 1.807) is 18.3 Å². The van der Waals surface area contributed by atoms with Gasteiger partial charge in [-0.15, -0.1) is 0 Å². The first kappa shape index (κ1) is 12.4. The zero-order valence-corrected chi connectivity index (χ0v) is 9.97. The van der Waals surface area contributed by atoms with Crippen LogP contribution in [0.25, 0.3) is 0 Å². The van der Waals surface area contributed by atoms with Gasteiger partial charge >= 0.3 is 0 Å². The van der Waals surface area contributed by atoms with Gasteiger partial charge in [-0.25, -0.2) is 0 Å². The van der Waals surface area contributed by atoms with E-state index < -0.39 is 0 Å². The van der Waals surface area contributed by atoms with Crippen LogP contribution in [0.15, 0.2) is 48.7 Å². The minimum Gasteiger partial charge on any atom is -0.394 e. The standard InChI is InChI=1S/C14H16N2O2/c17-10-12(9-11-5-2-1-3-6-11)16-14(18)13-7-4-8-15-13/h1-8,12,15,17H,9-10H2,(H,16,18)/t12-/m0/s1. The van der Waals surface area contributed by atoms with E-state index in [1.807, 2.05) is 30.3 Å². The second kappa shape index (κ2) is 6.02. The molecule has 2 rings (SSSR count). The highest BCUT2D eigenvalue weighted by molar-refractivity contribution is 5.92. The van der Waals surface area contributed by atoms with Gasteiger partial charge in [0.2, 0.25) is 0 Å². The normalized spacial score (nSPS) is 12.1. The van der Waals surface area contributed by atoms with E-state index in [0.29, 0.717) is 12.1 Å². The molecule has 0 aliphatic carbocycles. The van der Waals surface area contributed by atoms with Gasteiger partial charge in [-0.3, -0.25) is 4.79 Å². The maximum Gasteiger partial charge on any atom is 0.267 e. The molecule has 0 saturated carbocycles. The summed E-state index contributed by atoms with van der Waals surface area (Å²) in [5, 5.41) is 12.1. The molecule has 4 heteroatoms. The predicted octanol–water partition coefficient (Wildman–Crippen LogP) is 1.35. The average Bonchev–Trinajstić information content (AvgIpc) is 2.93. The van der Waals surface area contributed by atoms with E-state index in [2.05, 4.69) is 10.3 Å². The molecule has 0 saturated heterocycles. The molecule has 1 atom stereocenters. The summed E-state index contributed by atoms with van der Waals surface area (Å²) in [7, 11) is 0. The summed E-state index contributed by atoms with van der Waals surface area (Å²) in [4.78, 5) is 14.6. The third kappa shape index (κ3) is 3.21. The molecule has 0 fully saturated rings. The van der Waals surface area contributed by atoms with Gasteiger partial charge < -0.3 is 15.4 Å². The van der Waals surface area contributed by atoms with Crippen molar-refractivity contribution < 1.29 is 9.90 Å². The quantitative estimate of drug-likeness (QED) is 0.743. The first-order valence-electron chi connectivity index (χ1n) is 5.88. The molecule has 0 aliphatic rings. The number of hydrogen-bond acceptors (Lipinski definition) is 2. The Balaban J connectivity index is 1.96. The average molecular weight is 244 g/mol. The van der Waals surface area contributed by atoms with Crippen molar-refractivity contribution >= 4 is 5.91 Å². The van der Waals surface area contributed by atoms with Crippen LogP contribution in [0.1, 0.15) is 16.1 Å². The second-order valence-corrected chi connectivity index (χ2v) is 4.13. The Morgan fingerprint density at radius 1 is 1.22 bits per heavy atom. The number of aromatic amines is 1. The summed E-state index contributed by atoms with van der Waals surface area (Å²) in [6.07, 6.45) is 2.31. The van der Waals surface area contributed by atoms with E-state index in [-0.39, 0.29) is 18.6 Å². The molecule has 3 N–H and O–H groups in total. The first-order valence-corrected chi connectivity index (χ1v) is 5.88. The van der Waals surface area contributed by atoms with Gasteiger partial charge in [-0.2, -0.15) is 0 Å². The summed E-state index contributed by atoms with van der Waals surface area (Å²) in [6, 6.07) is 13.0. The van der Waals surface area contributed by atoms with Crippen LogP contribution in [0.3, 0.4) is 0 Å². The highest BCUT2D eigenvalue weighted by Gasteiger charge is 2.13. The lowest BCUT2D eigenvalue weighted by atomic mass is 10.1. The van der Waals surface area contributed by atoms with Crippen molar-refractivity contribution in [1.29, 1.82) is 0 Å². The molecule has 18 heavy (non-hydrogen) atoms. The Hall–Kier alpha value is -2.07. The fourth-order valence-corrected chi connectivity index (χ4v) is 1.79. The van der Waals surface area contributed by atoms with E-state index in [4.69, 9.17) is 0 Å². The molecule has 0 spiro atoms. The van der Waals surface area contributed by atoms with Gasteiger partial charge in [0.1, 0.15) is 5.69 Å². The zero-order valence-electron chi connectivity index (χ0n) is 9.97. The van der Waals surface area contributed by atoms with E-state index in [0.717, 1.165) is 5.56 Å². The van der Waals surface area contributed by atoms with Crippen LogP contribution in [0.2, 0.25) is 0 Å². The minimum atomic E-state index is -0.275. The molecule has 0 aliphatic heterocycles. The summed E-state index contributed by atoms with van der Waals surface area (Å²) in [5.74, 6) is -0.199. The summed E-state index contributed by atoms with van der Waals surface area (Å²) >= 11 is 0. The molecule has 1 aromatic heterocycles. The Bertz CT molecular complexity index is 480. The first-order chi connectivity index (χ1) is 8.79. The number of benzene rings is 1. The van der Waals surface area contributed by atoms with Crippen LogP contribution >= 0.6 is 0 Å². The molecular weight excluding hydrogens is 228 g/mol. The molecule has 4 nitrogen and oxygen atoms in total. The third-order valence-electron chi connectivity index (χ3n) is 2.72. The Labute approximate surface area is 106 Å². The minimum absolute atomic E-state index is 0.0820. The van der Waals surface area contributed by atoms with Gasteiger partial charge in [0.15, 0.2) is 0 Å². The van der Waals surface area contributed by atoms with Crippen molar-refractivity contribution in [2.75, 3.05) is 6.61 Å². The largest absolute Gasteiger partial charge is 0.394 e. The lowest BCUT2D eigenvalue weighted by Crippen LogP contribution is -2.39. The maximum absolute atomic E-state index is 11.8. The number of aliphatic hydroxyl groups is 1. The topological polar surface area (TPSA) is 65.1 Å². The van der Waals surface area contributed by atoms with Gasteiger partial charge in [0.25, 0.3) is 5.91 Å². The number of amides is 1. The van der Waals surface area contributed by atoms with Gasteiger partial charge in [0, 0.05) is 6.20 Å². The molecule has 0 bridgehead atoms. The van der Waals surface area contributed by atoms with E-state index >= 15 is 0 Å². The van der Waals surface area contributed by atoms with Crippen LogP contribution in [0.4, 0.5) is 0 Å². The lowest BCUT2D eigenvalue weighted by molar-refractivity contribution is 0.0912. The lowest BCUT2D eigenvalue weighted by Gasteiger charge is -2.15. The highest BCUT2D eigenvalue weighted by Crippen LogP contribution is 2.04. The van der Waals surface area contributed by atoms with Crippen LogP contribution in [0.5, 0.6) is 0 Å². The van der Waals surface area contributed by atoms with Crippen molar-refractivity contribution in [3.8, 4) is 0 Å². The van der Waals surface area contributed by atoms with Crippen LogP contribution in [-0.2, 0) is 6.42 Å². The number of carbonyl (C=O) groups excluding carboxylic acids is 1. The molecule has 2 aromatic rings. The number of H-pyrrole nitrogens is 1. The number of hydrogen-bond donors (Lipinski definition) is 3. The molecule has 1 heterocycles. The predicted molar refractivity (Wildman–Crippen MR) is 69.3 cm³/mol. The van der Waals surface area contributed by atoms with Crippen molar-refractivity contribution in [3.63, 3.8) is 0 Å². The molecule has 1 amide bonds. The smallest absolute Gasteiger partial charge is 0.267 e. The monoisotopic (exact) mass is 244 g/mol. The van der Waals surface area contributed by atoms with Gasteiger partial charge in [-0.05, 0) is 24.1 Å². The number of carbonyl (C=O) groups is 1. The SMILES string of the molecule is O=C(N[C@H](CO)Cc1ccccc1)c1ccc[nH]1.